The van der Waals surface area contributed by atoms with Crippen molar-refractivity contribution in [2.45, 2.75) is 26.7 Å². The molecule has 4 heteroatoms. The highest BCUT2D eigenvalue weighted by Crippen LogP contribution is 2.34. The molecule has 2 heterocycles. The van der Waals surface area contributed by atoms with Crippen molar-refractivity contribution in [2.75, 3.05) is 6.54 Å². The van der Waals surface area contributed by atoms with E-state index in [9.17, 15) is 0 Å². The predicted octanol–water partition coefficient (Wildman–Crippen LogP) is 3.43. The van der Waals surface area contributed by atoms with Gasteiger partial charge in [-0.05, 0) is 25.5 Å². The van der Waals surface area contributed by atoms with Crippen molar-refractivity contribution in [3.8, 4) is 11.3 Å². The number of rotatable bonds is 4. The molecule has 104 valence electrons. The van der Waals surface area contributed by atoms with Crippen LogP contribution in [-0.4, -0.2) is 15.9 Å². The van der Waals surface area contributed by atoms with E-state index in [2.05, 4.69) is 48.6 Å². The third-order valence-corrected chi connectivity index (χ3v) is 4.78. The highest BCUT2D eigenvalue weighted by Gasteiger charge is 2.18. The molecule has 0 bridgehead atoms. The number of imidazole rings is 1. The van der Waals surface area contributed by atoms with Gasteiger partial charge in [-0.1, -0.05) is 37.3 Å². The SMILES string of the molecule is CCc1sc2nc(C)c(CCN)n2c1-c1ccccc1. The summed E-state index contributed by atoms with van der Waals surface area (Å²) in [5.74, 6) is 0. The molecule has 3 nitrogen and oxygen atoms in total. The van der Waals surface area contributed by atoms with Gasteiger partial charge < -0.3 is 5.73 Å². The van der Waals surface area contributed by atoms with E-state index in [0.29, 0.717) is 6.54 Å². The van der Waals surface area contributed by atoms with Crippen molar-refractivity contribution in [2.24, 2.45) is 5.73 Å². The van der Waals surface area contributed by atoms with Gasteiger partial charge in [0, 0.05) is 17.0 Å². The van der Waals surface area contributed by atoms with Gasteiger partial charge in [0.25, 0.3) is 0 Å². The number of nitrogens with zero attached hydrogens (tertiary/aromatic N) is 2. The summed E-state index contributed by atoms with van der Waals surface area (Å²) >= 11 is 1.79. The summed E-state index contributed by atoms with van der Waals surface area (Å²) in [4.78, 5) is 7.18. The fourth-order valence-corrected chi connectivity index (χ4v) is 3.82. The zero-order valence-corrected chi connectivity index (χ0v) is 12.7. The van der Waals surface area contributed by atoms with Gasteiger partial charge in [-0.25, -0.2) is 4.98 Å². The maximum atomic E-state index is 5.77. The fraction of sp³-hybridized carbons (Fsp3) is 0.312. The standard InChI is InChI=1S/C16H19N3S/c1-3-14-15(12-7-5-4-6-8-12)19-13(9-10-17)11(2)18-16(19)20-14/h4-8H,3,9-10,17H2,1-2H3. The second-order valence-corrected chi connectivity index (χ2v) is 5.96. The molecule has 2 aromatic heterocycles. The van der Waals surface area contributed by atoms with Crippen LogP contribution in [0.1, 0.15) is 23.2 Å². The summed E-state index contributed by atoms with van der Waals surface area (Å²) in [6.07, 6.45) is 1.89. The summed E-state index contributed by atoms with van der Waals surface area (Å²) < 4.78 is 2.31. The lowest BCUT2D eigenvalue weighted by Crippen LogP contribution is -2.07. The Morgan fingerprint density at radius 2 is 2.00 bits per heavy atom. The zero-order valence-electron chi connectivity index (χ0n) is 11.9. The van der Waals surface area contributed by atoms with Gasteiger partial charge in [0.05, 0.1) is 11.4 Å². The molecule has 0 atom stereocenters. The van der Waals surface area contributed by atoms with E-state index in [1.807, 2.05) is 0 Å². The Kier molecular flexibility index (Phi) is 3.59. The Morgan fingerprint density at radius 1 is 1.25 bits per heavy atom. The molecule has 0 amide bonds. The first kappa shape index (κ1) is 13.3. The molecule has 0 saturated carbocycles. The van der Waals surface area contributed by atoms with Gasteiger partial charge in [-0.15, -0.1) is 11.3 Å². The minimum Gasteiger partial charge on any atom is -0.330 e. The fourth-order valence-electron chi connectivity index (χ4n) is 2.67. The summed E-state index contributed by atoms with van der Waals surface area (Å²) in [7, 11) is 0. The molecular weight excluding hydrogens is 266 g/mol. The van der Waals surface area contributed by atoms with Crippen LogP contribution in [0, 0.1) is 6.92 Å². The largest absolute Gasteiger partial charge is 0.330 e. The molecule has 0 spiro atoms. The first-order valence-corrected chi connectivity index (χ1v) is 7.83. The Labute approximate surface area is 123 Å². The van der Waals surface area contributed by atoms with E-state index < -0.39 is 0 Å². The van der Waals surface area contributed by atoms with Crippen molar-refractivity contribution in [3.05, 3.63) is 46.6 Å². The lowest BCUT2D eigenvalue weighted by atomic mass is 10.1. The lowest BCUT2D eigenvalue weighted by molar-refractivity contribution is 0.897. The van der Waals surface area contributed by atoms with E-state index in [-0.39, 0.29) is 0 Å². The number of fused-ring (bicyclic) bond motifs is 1. The molecular formula is C16H19N3S. The maximum Gasteiger partial charge on any atom is 0.194 e. The quantitative estimate of drug-likeness (QED) is 0.798. The van der Waals surface area contributed by atoms with Crippen molar-refractivity contribution in [1.82, 2.24) is 9.38 Å². The first-order valence-electron chi connectivity index (χ1n) is 7.01. The molecule has 3 rings (SSSR count). The van der Waals surface area contributed by atoms with Gasteiger partial charge in [0.1, 0.15) is 0 Å². The van der Waals surface area contributed by atoms with Crippen molar-refractivity contribution >= 4 is 16.3 Å². The molecule has 20 heavy (non-hydrogen) atoms. The average molecular weight is 285 g/mol. The van der Waals surface area contributed by atoms with E-state index in [0.717, 1.165) is 23.5 Å². The lowest BCUT2D eigenvalue weighted by Gasteiger charge is -2.07. The van der Waals surface area contributed by atoms with E-state index >= 15 is 0 Å². The summed E-state index contributed by atoms with van der Waals surface area (Å²) in [6, 6.07) is 10.6. The van der Waals surface area contributed by atoms with E-state index in [1.165, 1.54) is 21.8 Å². The van der Waals surface area contributed by atoms with Crippen LogP contribution in [-0.2, 0) is 12.8 Å². The molecule has 0 unspecified atom stereocenters. The molecule has 0 radical (unpaired) electrons. The number of benzene rings is 1. The number of aromatic nitrogens is 2. The maximum absolute atomic E-state index is 5.77. The van der Waals surface area contributed by atoms with Crippen LogP contribution < -0.4 is 5.73 Å². The summed E-state index contributed by atoms with van der Waals surface area (Å²) in [6.45, 7) is 4.93. The molecule has 0 aliphatic heterocycles. The number of nitrogens with two attached hydrogens (primary N) is 1. The van der Waals surface area contributed by atoms with Gasteiger partial charge in [-0.2, -0.15) is 0 Å². The van der Waals surface area contributed by atoms with Gasteiger partial charge >= 0.3 is 0 Å². The molecule has 0 fully saturated rings. The monoisotopic (exact) mass is 285 g/mol. The zero-order chi connectivity index (χ0) is 14.1. The van der Waals surface area contributed by atoms with E-state index in [1.54, 1.807) is 11.3 Å². The normalized spacial score (nSPS) is 11.3. The predicted molar refractivity (Wildman–Crippen MR) is 85.4 cm³/mol. The number of hydrogen-bond acceptors (Lipinski definition) is 3. The van der Waals surface area contributed by atoms with Gasteiger partial charge in [0.2, 0.25) is 0 Å². The molecule has 0 saturated heterocycles. The van der Waals surface area contributed by atoms with E-state index in [4.69, 9.17) is 10.7 Å². The second kappa shape index (κ2) is 5.38. The second-order valence-electron chi connectivity index (χ2n) is 4.89. The van der Waals surface area contributed by atoms with Crippen LogP contribution >= 0.6 is 11.3 Å². The van der Waals surface area contributed by atoms with Crippen molar-refractivity contribution in [1.29, 1.82) is 0 Å². The van der Waals surface area contributed by atoms with Crippen LogP contribution in [0.5, 0.6) is 0 Å². The minimum atomic E-state index is 0.653. The topological polar surface area (TPSA) is 43.3 Å². The van der Waals surface area contributed by atoms with Crippen LogP contribution in [0.25, 0.3) is 16.2 Å². The molecule has 1 aromatic carbocycles. The Balaban J connectivity index is 2.32. The molecule has 0 aliphatic rings. The minimum absolute atomic E-state index is 0.653. The third-order valence-electron chi connectivity index (χ3n) is 3.59. The van der Waals surface area contributed by atoms with Crippen LogP contribution in [0.15, 0.2) is 30.3 Å². The molecule has 0 aliphatic carbocycles. The summed E-state index contributed by atoms with van der Waals surface area (Å²) in [5, 5.41) is 0. The first-order chi connectivity index (χ1) is 9.76. The highest BCUT2D eigenvalue weighted by molar-refractivity contribution is 7.17. The van der Waals surface area contributed by atoms with Crippen LogP contribution in [0.3, 0.4) is 0 Å². The smallest absolute Gasteiger partial charge is 0.194 e. The van der Waals surface area contributed by atoms with Crippen molar-refractivity contribution in [3.63, 3.8) is 0 Å². The molecule has 3 aromatic rings. The Hall–Kier alpha value is -1.65. The summed E-state index contributed by atoms with van der Waals surface area (Å²) in [5.41, 5.74) is 10.7. The average Bonchev–Trinajstić information content (AvgIpc) is 2.96. The number of hydrogen-bond donors (Lipinski definition) is 1. The highest BCUT2D eigenvalue weighted by atomic mass is 32.1. The van der Waals surface area contributed by atoms with Crippen LogP contribution in [0.2, 0.25) is 0 Å². The van der Waals surface area contributed by atoms with Crippen molar-refractivity contribution < 1.29 is 0 Å². The molecule has 2 N–H and O–H groups in total. The van der Waals surface area contributed by atoms with Gasteiger partial charge in [-0.3, -0.25) is 4.40 Å². The van der Waals surface area contributed by atoms with Gasteiger partial charge in [0.15, 0.2) is 4.96 Å². The van der Waals surface area contributed by atoms with Crippen LogP contribution in [0.4, 0.5) is 0 Å². The Bertz CT molecular complexity index is 725. The number of thiazole rings is 1. The Morgan fingerprint density at radius 3 is 2.65 bits per heavy atom. The third kappa shape index (κ3) is 2.05. The number of aryl methyl sites for hydroxylation is 2.